The number of hydrogen-bond acceptors (Lipinski definition) is 2. The van der Waals surface area contributed by atoms with E-state index >= 15 is 0 Å². The lowest BCUT2D eigenvalue weighted by Crippen LogP contribution is -2.14. The molecule has 2 nitrogen and oxygen atoms in total. The molecule has 0 bridgehead atoms. The van der Waals surface area contributed by atoms with Gasteiger partial charge in [0, 0.05) is 15.6 Å². The standard InChI is InChI=1S/C14H12BrCl2NO/c1-19-14-10(6-8(16)7-11(14)15)13(18)9-4-2-3-5-12(9)17/h2-7,13H,18H2,1H3. The van der Waals surface area contributed by atoms with Crippen LogP contribution in [0.15, 0.2) is 40.9 Å². The first-order valence-corrected chi connectivity index (χ1v) is 7.12. The monoisotopic (exact) mass is 359 g/mol. The van der Waals surface area contributed by atoms with Crippen LogP contribution < -0.4 is 10.5 Å². The molecular formula is C14H12BrCl2NO. The molecule has 2 N–H and O–H groups in total. The van der Waals surface area contributed by atoms with Crippen molar-refractivity contribution in [3.05, 3.63) is 62.0 Å². The van der Waals surface area contributed by atoms with Crippen molar-refractivity contribution in [1.82, 2.24) is 0 Å². The fraction of sp³-hybridized carbons (Fsp3) is 0.143. The van der Waals surface area contributed by atoms with Crippen molar-refractivity contribution in [2.75, 3.05) is 7.11 Å². The van der Waals surface area contributed by atoms with Crippen LogP contribution in [0.3, 0.4) is 0 Å². The van der Waals surface area contributed by atoms with Gasteiger partial charge in [-0.3, -0.25) is 0 Å². The number of methoxy groups -OCH3 is 1. The van der Waals surface area contributed by atoms with Crippen LogP contribution in [-0.2, 0) is 0 Å². The van der Waals surface area contributed by atoms with Crippen LogP contribution in [0.2, 0.25) is 10.0 Å². The summed E-state index contributed by atoms with van der Waals surface area (Å²) >= 11 is 15.7. The number of hydrogen-bond donors (Lipinski definition) is 1. The van der Waals surface area contributed by atoms with E-state index in [0.717, 1.165) is 15.6 Å². The van der Waals surface area contributed by atoms with E-state index in [4.69, 9.17) is 33.7 Å². The van der Waals surface area contributed by atoms with E-state index in [2.05, 4.69) is 15.9 Å². The van der Waals surface area contributed by atoms with E-state index in [1.165, 1.54) is 0 Å². The Bertz CT molecular complexity index is 604. The van der Waals surface area contributed by atoms with Gasteiger partial charge in [-0.25, -0.2) is 0 Å². The van der Waals surface area contributed by atoms with E-state index in [-0.39, 0.29) is 0 Å². The molecule has 100 valence electrons. The molecular weight excluding hydrogens is 349 g/mol. The van der Waals surface area contributed by atoms with Gasteiger partial charge in [-0.2, -0.15) is 0 Å². The molecule has 2 rings (SSSR count). The summed E-state index contributed by atoms with van der Waals surface area (Å²) in [6, 6.07) is 10.6. The average Bonchev–Trinajstić information content (AvgIpc) is 2.37. The van der Waals surface area contributed by atoms with E-state index in [9.17, 15) is 0 Å². The Morgan fingerprint density at radius 3 is 2.47 bits per heavy atom. The number of ether oxygens (including phenoxy) is 1. The van der Waals surface area contributed by atoms with Crippen LogP contribution in [0.5, 0.6) is 5.75 Å². The summed E-state index contributed by atoms with van der Waals surface area (Å²) in [4.78, 5) is 0. The van der Waals surface area contributed by atoms with Gasteiger partial charge in [-0.1, -0.05) is 41.4 Å². The first-order valence-electron chi connectivity index (χ1n) is 5.57. The molecule has 2 aromatic rings. The Hall–Kier alpha value is -0.740. The molecule has 0 aliphatic rings. The second kappa shape index (κ2) is 6.14. The third-order valence-corrected chi connectivity index (χ3v) is 3.97. The van der Waals surface area contributed by atoms with Crippen LogP contribution in [0.1, 0.15) is 17.2 Å². The second-order valence-corrected chi connectivity index (χ2v) is 5.71. The summed E-state index contributed by atoms with van der Waals surface area (Å²) in [5.74, 6) is 0.664. The van der Waals surface area contributed by atoms with Gasteiger partial charge < -0.3 is 10.5 Å². The molecule has 0 saturated carbocycles. The zero-order valence-corrected chi connectivity index (χ0v) is 13.3. The predicted octanol–water partition coefficient (Wildman–Crippen LogP) is 4.81. The normalized spacial score (nSPS) is 12.3. The second-order valence-electron chi connectivity index (χ2n) is 4.01. The quantitative estimate of drug-likeness (QED) is 0.852. The van der Waals surface area contributed by atoms with E-state index in [0.29, 0.717) is 15.8 Å². The van der Waals surface area contributed by atoms with Gasteiger partial charge in [0.1, 0.15) is 5.75 Å². The summed E-state index contributed by atoms with van der Waals surface area (Å²) in [5.41, 5.74) is 7.90. The lowest BCUT2D eigenvalue weighted by atomic mass is 9.98. The maximum atomic E-state index is 6.29. The summed E-state index contributed by atoms with van der Waals surface area (Å²) in [7, 11) is 1.59. The molecule has 19 heavy (non-hydrogen) atoms. The zero-order valence-electron chi connectivity index (χ0n) is 10.2. The van der Waals surface area contributed by atoms with Gasteiger partial charge >= 0.3 is 0 Å². The minimum atomic E-state index is -0.404. The van der Waals surface area contributed by atoms with Crippen molar-refractivity contribution < 1.29 is 4.74 Å². The van der Waals surface area contributed by atoms with Crippen LogP contribution in [0.4, 0.5) is 0 Å². The largest absolute Gasteiger partial charge is 0.495 e. The third-order valence-electron chi connectivity index (χ3n) is 2.82. The van der Waals surface area contributed by atoms with Gasteiger partial charge in [0.15, 0.2) is 0 Å². The van der Waals surface area contributed by atoms with E-state index in [1.807, 2.05) is 24.3 Å². The van der Waals surface area contributed by atoms with Crippen molar-refractivity contribution in [1.29, 1.82) is 0 Å². The molecule has 0 aliphatic heterocycles. The van der Waals surface area contributed by atoms with Crippen LogP contribution in [-0.4, -0.2) is 7.11 Å². The van der Waals surface area contributed by atoms with Crippen molar-refractivity contribution in [3.63, 3.8) is 0 Å². The van der Waals surface area contributed by atoms with Crippen molar-refractivity contribution >= 4 is 39.1 Å². The SMILES string of the molecule is COc1c(Br)cc(Cl)cc1C(N)c1ccccc1Cl. The fourth-order valence-corrected chi connectivity index (χ4v) is 3.17. The first-order chi connectivity index (χ1) is 9.04. The number of nitrogens with two attached hydrogens (primary N) is 1. The predicted molar refractivity (Wildman–Crippen MR) is 83.2 cm³/mol. The molecule has 5 heteroatoms. The molecule has 0 aliphatic carbocycles. The van der Waals surface area contributed by atoms with E-state index < -0.39 is 6.04 Å². The Kier molecular flexibility index (Phi) is 4.74. The van der Waals surface area contributed by atoms with Crippen LogP contribution in [0, 0.1) is 0 Å². The first kappa shape index (κ1) is 14.7. The molecule has 0 spiro atoms. The lowest BCUT2D eigenvalue weighted by molar-refractivity contribution is 0.405. The fourth-order valence-electron chi connectivity index (χ4n) is 1.92. The van der Waals surface area contributed by atoms with Gasteiger partial charge in [-0.05, 0) is 39.7 Å². The highest BCUT2D eigenvalue weighted by molar-refractivity contribution is 9.10. The summed E-state index contributed by atoms with van der Waals surface area (Å²) < 4.78 is 6.15. The Morgan fingerprint density at radius 2 is 1.84 bits per heavy atom. The molecule has 0 amide bonds. The van der Waals surface area contributed by atoms with E-state index in [1.54, 1.807) is 19.2 Å². The summed E-state index contributed by atoms with van der Waals surface area (Å²) in [6.07, 6.45) is 0. The summed E-state index contributed by atoms with van der Waals surface area (Å²) in [6.45, 7) is 0. The van der Waals surface area contributed by atoms with Gasteiger partial charge in [0.05, 0.1) is 17.6 Å². The smallest absolute Gasteiger partial charge is 0.138 e. The molecule has 1 atom stereocenters. The lowest BCUT2D eigenvalue weighted by Gasteiger charge is -2.18. The molecule has 0 aromatic heterocycles. The average molecular weight is 361 g/mol. The van der Waals surface area contributed by atoms with Crippen molar-refractivity contribution in [3.8, 4) is 5.75 Å². The van der Waals surface area contributed by atoms with Gasteiger partial charge in [-0.15, -0.1) is 0 Å². The Labute approximate surface area is 130 Å². The maximum Gasteiger partial charge on any atom is 0.138 e. The van der Waals surface area contributed by atoms with Crippen molar-refractivity contribution in [2.45, 2.75) is 6.04 Å². The molecule has 0 heterocycles. The van der Waals surface area contributed by atoms with Crippen molar-refractivity contribution in [2.24, 2.45) is 5.73 Å². The Morgan fingerprint density at radius 1 is 1.16 bits per heavy atom. The minimum Gasteiger partial charge on any atom is -0.495 e. The zero-order chi connectivity index (χ0) is 14.0. The van der Waals surface area contributed by atoms with Crippen LogP contribution in [0.25, 0.3) is 0 Å². The Balaban J connectivity index is 2.55. The molecule has 2 aromatic carbocycles. The number of benzene rings is 2. The summed E-state index contributed by atoms with van der Waals surface area (Å²) in [5, 5.41) is 1.21. The highest BCUT2D eigenvalue weighted by Gasteiger charge is 2.19. The topological polar surface area (TPSA) is 35.2 Å². The number of halogens is 3. The van der Waals surface area contributed by atoms with Crippen LogP contribution >= 0.6 is 39.1 Å². The third kappa shape index (κ3) is 3.06. The number of rotatable bonds is 3. The van der Waals surface area contributed by atoms with Gasteiger partial charge in [0.25, 0.3) is 0 Å². The molecule has 0 radical (unpaired) electrons. The molecule has 0 fully saturated rings. The molecule has 1 unspecified atom stereocenters. The maximum absolute atomic E-state index is 6.29. The highest BCUT2D eigenvalue weighted by Crippen LogP contribution is 2.38. The minimum absolute atomic E-state index is 0.404. The molecule has 0 saturated heterocycles. The highest BCUT2D eigenvalue weighted by atomic mass is 79.9. The van der Waals surface area contributed by atoms with Gasteiger partial charge in [0.2, 0.25) is 0 Å².